The number of nitrogens with two attached hydrogens (primary N) is 1. The highest BCUT2D eigenvalue weighted by Gasteiger charge is 2.19. The van der Waals surface area contributed by atoms with Crippen LogP contribution in [0.4, 0.5) is 11.4 Å². The standard InChI is InChI=1S/C18H21N3O5/c1-11-7-16(25-3)17(26-4)9-13(11)10-20(2)18(22)12-5-6-14(19)15(8-12)21(23)24/h5-9H,10,19H2,1-4H3. The zero-order valence-corrected chi connectivity index (χ0v) is 15.1. The lowest BCUT2D eigenvalue weighted by molar-refractivity contribution is -0.383. The second kappa shape index (κ2) is 7.73. The smallest absolute Gasteiger partial charge is 0.292 e. The van der Waals surface area contributed by atoms with Crippen LogP contribution in [0.1, 0.15) is 21.5 Å². The molecule has 0 aromatic heterocycles. The minimum absolute atomic E-state index is 0.0185. The van der Waals surface area contributed by atoms with Gasteiger partial charge >= 0.3 is 0 Å². The van der Waals surface area contributed by atoms with Crippen LogP contribution in [0.2, 0.25) is 0 Å². The average molecular weight is 359 g/mol. The number of methoxy groups -OCH3 is 2. The molecule has 1 amide bonds. The first-order chi connectivity index (χ1) is 12.3. The van der Waals surface area contributed by atoms with Crippen molar-refractivity contribution in [3.05, 3.63) is 57.1 Å². The fourth-order valence-corrected chi connectivity index (χ4v) is 2.58. The molecule has 138 valence electrons. The van der Waals surface area contributed by atoms with Crippen LogP contribution in [0, 0.1) is 17.0 Å². The van der Waals surface area contributed by atoms with Crippen molar-refractivity contribution in [1.82, 2.24) is 4.90 Å². The van der Waals surface area contributed by atoms with E-state index in [0.717, 1.165) is 11.1 Å². The molecule has 0 radical (unpaired) electrons. The zero-order chi connectivity index (χ0) is 19.4. The van der Waals surface area contributed by atoms with Crippen molar-refractivity contribution in [2.45, 2.75) is 13.5 Å². The van der Waals surface area contributed by atoms with E-state index in [1.807, 2.05) is 19.1 Å². The third-order valence-corrected chi connectivity index (χ3v) is 4.07. The Bertz CT molecular complexity index is 851. The van der Waals surface area contributed by atoms with Crippen molar-refractivity contribution < 1.29 is 19.2 Å². The van der Waals surface area contributed by atoms with Gasteiger partial charge in [0.2, 0.25) is 0 Å². The largest absolute Gasteiger partial charge is 0.493 e. The molecule has 8 nitrogen and oxygen atoms in total. The van der Waals surface area contributed by atoms with Gasteiger partial charge in [-0.05, 0) is 42.3 Å². The van der Waals surface area contributed by atoms with Crippen molar-refractivity contribution in [3.8, 4) is 11.5 Å². The van der Waals surface area contributed by atoms with Crippen LogP contribution < -0.4 is 15.2 Å². The minimum atomic E-state index is -0.607. The molecule has 0 aliphatic heterocycles. The molecular formula is C18H21N3O5. The summed E-state index contributed by atoms with van der Waals surface area (Å²) < 4.78 is 10.6. The van der Waals surface area contributed by atoms with Gasteiger partial charge in [-0.15, -0.1) is 0 Å². The Morgan fingerprint density at radius 3 is 2.38 bits per heavy atom. The molecule has 0 aliphatic carbocycles. The lowest BCUT2D eigenvalue weighted by atomic mass is 10.1. The van der Waals surface area contributed by atoms with Gasteiger partial charge in [0.05, 0.1) is 19.1 Å². The second-order valence-electron chi connectivity index (χ2n) is 5.83. The lowest BCUT2D eigenvalue weighted by Crippen LogP contribution is -2.26. The number of benzene rings is 2. The molecule has 0 aliphatic rings. The van der Waals surface area contributed by atoms with Crippen LogP contribution in [-0.4, -0.2) is 37.0 Å². The highest BCUT2D eigenvalue weighted by Crippen LogP contribution is 2.31. The monoisotopic (exact) mass is 359 g/mol. The van der Waals surface area contributed by atoms with Crippen molar-refractivity contribution in [2.24, 2.45) is 0 Å². The fourth-order valence-electron chi connectivity index (χ4n) is 2.58. The number of carbonyl (C=O) groups excluding carboxylic acids is 1. The summed E-state index contributed by atoms with van der Waals surface area (Å²) in [6.45, 7) is 2.22. The topological polar surface area (TPSA) is 108 Å². The summed E-state index contributed by atoms with van der Waals surface area (Å²) >= 11 is 0. The third kappa shape index (κ3) is 3.85. The number of hydrogen-bond acceptors (Lipinski definition) is 6. The van der Waals surface area contributed by atoms with E-state index in [9.17, 15) is 14.9 Å². The number of anilines is 1. The quantitative estimate of drug-likeness (QED) is 0.483. The maximum absolute atomic E-state index is 12.6. The zero-order valence-electron chi connectivity index (χ0n) is 15.1. The molecule has 0 fully saturated rings. The second-order valence-corrected chi connectivity index (χ2v) is 5.83. The van der Waals surface area contributed by atoms with E-state index in [1.54, 1.807) is 21.3 Å². The van der Waals surface area contributed by atoms with Crippen LogP contribution in [0.15, 0.2) is 30.3 Å². The van der Waals surface area contributed by atoms with E-state index in [1.165, 1.54) is 23.1 Å². The predicted octanol–water partition coefficient (Wildman–Crippen LogP) is 2.77. The molecule has 0 unspecified atom stereocenters. The molecule has 2 N–H and O–H groups in total. The van der Waals surface area contributed by atoms with Crippen LogP contribution >= 0.6 is 0 Å². The number of rotatable bonds is 6. The summed E-state index contributed by atoms with van der Waals surface area (Å²) in [7, 11) is 4.72. The molecular weight excluding hydrogens is 338 g/mol. The van der Waals surface area contributed by atoms with Gasteiger partial charge in [-0.25, -0.2) is 0 Å². The number of nitrogen functional groups attached to an aromatic ring is 1. The fraction of sp³-hybridized carbons (Fsp3) is 0.278. The van der Waals surface area contributed by atoms with Gasteiger partial charge in [0.15, 0.2) is 11.5 Å². The van der Waals surface area contributed by atoms with Crippen LogP contribution in [0.5, 0.6) is 11.5 Å². The highest BCUT2D eigenvalue weighted by molar-refractivity contribution is 5.95. The molecule has 8 heteroatoms. The normalized spacial score (nSPS) is 10.3. The average Bonchev–Trinajstić information content (AvgIpc) is 2.62. The van der Waals surface area contributed by atoms with Gasteiger partial charge in [0.25, 0.3) is 11.6 Å². The Morgan fingerprint density at radius 2 is 1.81 bits per heavy atom. The molecule has 0 atom stereocenters. The van der Waals surface area contributed by atoms with E-state index in [-0.39, 0.29) is 22.8 Å². The lowest BCUT2D eigenvalue weighted by Gasteiger charge is -2.20. The Kier molecular flexibility index (Phi) is 5.66. The Morgan fingerprint density at radius 1 is 1.19 bits per heavy atom. The highest BCUT2D eigenvalue weighted by atomic mass is 16.6. The van der Waals surface area contributed by atoms with Crippen LogP contribution in [0.3, 0.4) is 0 Å². The van der Waals surface area contributed by atoms with Gasteiger partial charge in [0.1, 0.15) is 5.69 Å². The molecule has 2 aromatic carbocycles. The summed E-state index contributed by atoms with van der Waals surface area (Å²) in [6.07, 6.45) is 0. The molecule has 0 spiro atoms. The SMILES string of the molecule is COc1cc(C)c(CN(C)C(=O)c2ccc(N)c([N+](=O)[O-])c2)cc1OC. The molecule has 2 aromatic rings. The first-order valence-corrected chi connectivity index (χ1v) is 7.79. The first-order valence-electron chi connectivity index (χ1n) is 7.79. The Balaban J connectivity index is 2.27. The number of nitrogens with zero attached hydrogens (tertiary/aromatic N) is 2. The maximum Gasteiger partial charge on any atom is 0.292 e. The molecule has 26 heavy (non-hydrogen) atoms. The number of hydrogen-bond donors (Lipinski definition) is 1. The van der Waals surface area contributed by atoms with Crippen molar-refractivity contribution >= 4 is 17.3 Å². The van der Waals surface area contributed by atoms with Gasteiger partial charge < -0.3 is 20.1 Å². The van der Waals surface area contributed by atoms with E-state index in [4.69, 9.17) is 15.2 Å². The van der Waals surface area contributed by atoms with Crippen molar-refractivity contribution in [1.29, 1.82) is 0 Å². The minimum Gasteiger partial charge on any atom is -0.493 e. The van der Waals surface area contributed by atoms with Crippen LogP contribution in [0.25, 0.3) is 0 Å². The maximum atomic E-state index is 12.6. The van der Waals surface area contributed by atoms with Crippen LogP contribution in [-0.2, 0) is 6.54 Å². The molecule has 0 bridgehead atoms. The molecule has 0 saturated carbocycles. The van der Waals surface area contributed by atoms with Crippen molar-refractivity contribution in [2.75, 3.05) is 27.0 Å². The number of nitro groups is 1. The van der Waals surface area contributed by atoms with Gasteiger partial charge in [-0.2, -0.15) is 0 Å². The number of carbonyl (C=O) groups is 1. The van der Waals surface area contributed by atoms with E-state index < -0.39 is 4.92 Å². The Hall–Kier alpha value is -3.29. The van der Waals surface area contributed by atoms with E-state index in [2.05, 4.69) is 0 Å². The van der Waals surface area contributed by atoms with Crippen molar-refractivity contribution in [3.63, 3.8) is 0 Å². The summed E-state index contributed by atoms with van der Waals surface area (Å²) in [5, 5.41) is 11.0. The van der Waals surface area contributed by atoms with Gasteiger partial charge in [-0.3, -0.25) is 14.9 Å². The number of aryl methyl sites for hydroxylation is 1. The molecule has 2 rings (SSSR count). The third-order valence-electron chi connectivity index (χ3n) is 4.07. The predicted molar refractivity (Wildman–Crippen MR) is 97.6 cm³/mol. The summed E-state index contributed by atoms with van der Waals surface area (Å²) in [5.41, 5.74) is 7.32. The number of nitro benzene ring substituents is 1. The molecule has 0 saturated heterocycles. The summed E-state index contributed by atoms with van der Waals surface area (Å²) in [5.74, 6) is 0.830. The number of amides is 1. The van der Waals surface area contributed by atoms with E-state index in [0.29, 0.717) is 18.0 Å². The number of ether oxygens (including phenoxy) is 2. The van der Waals surface area contributed by atoms with Gasteiger partial charge in [0, 0.05) is 25.2 Å². The van der Waals surface area contributed by atoms with E-state index >= 15 is 0 Å². The van der Waals surface area contributed by atoms with Gasteiger partial charge in [-0.1, -0.05) is 0 Å². The first kappa shape index (κ1) is 19.0. The molecule has 0 heterocycles. The summed E-state index contributed by atoms with van der Waals surface area (Å²) in [6, 6.07) is 7.67. The summed E-state index contributed by atoms with van der Waals surface area (Å²) in [4.78, 5) is 24.5. The Labute approximate surface area is 151 Å².